The number of carbonyl (C=O) groups is 4. The Hall–Kier alpha value is -4.01. The molecule has 2 aliphatic heterocycles. The molecule has 0 radical (unpaired) electrons. The summed E-state index contributed by atoms with van der Waals surface area (Å²) in [7, 11) is -4.63. The van der Waals surface area contributed by atoms with E-state index in [1.54, 1.807) is 52.0 Å². The summed E-state index contributed by atoms with van der Waals surface area (Å²) in [5.41, 5.74) is -1.77. The second kappa shape index (κ2) is 14.8. The minimum Gasteiger partial charge on any atom is -0.427 e. The zero-order chi connectivity index (χ0) is 34.4. The number of nitrogens with one attached hydrogen (secondary N) is 1. The van der Waals surface area contributed by atoms with Crippen LogP contribution in [-0.2, 0) is 45.0 Å². The van der Waals surface area contributed by atoms with E-state index in [-0.39, 0.29) is 17.1 Å². The van der Waals surface area contributed by atoms with E-state index in [9.17, 15) is 27.6 Å². The topological polar surface area (TPSA) is 158 Å². The number of nitrogens with zero attached hydrogens (tertiary/aromatic N) is 2. The third-order valence-electron chi connectivity index (χ3n) is 7.94. The second-order valence-corrected chi connectivity index (χ2v) is 14.6. The highest BCUT2D eigenvalue weighted by molar-refractivity contribution is 7.89. The summed E-state index contributed by atoms with van der Waals surface area (Å²) in [5.74, 6) is -2.31. The minimum absolute atomic E-state index is 0.182. The molecule has 0 aliphatic carbocycles. The number of morpholine rings is 1. The molecule has 0 bridgehead atoms. The summed E-state index contributed by atoms with van der Waals surface area (Å²) < 4.78 is 50.6. The minimum atomic E-state index is -4.63. The maximum absolute atomic E-state index is 14.3. The first-order valence-electron chi connectivity index (χ1n) is 15.5. The van der Waals surface area contributed by atoms with Crippen LogP contribution in [-0.4, -0.2) is 92.8 Å². The van der Waals surface area contributed by atoms with Crippen LogP contribution in [0.5, 0.6) is 5.75 Å². The highest BCUT2D eigenvalue weighted by Gasteiger charge is 2.52. The van der Waals surface area contributed by atoms with Crippen LogP contribution in [0.15, 0.2) is 53.4 Å². The normalized spacial score (nSPS) is 18.1. The van der Waals surface area contributed by atoms with Crippen LogP contribution < -0.4 is 10.1 Å². The fourth-order valence-corrected chi connectivity index (χ4v) is 6.92. The zero-order valence-electron chi connectivity index (χ0n) is 27.4. The van der Waals surface area contributed by atoms with Crippen molar-refractivity contribution in [3.63, 3.8) is 0 Å². The number of aryl methyl sites for hydroxylation is 1. The molecule has 14 heteroatoms. The largest absolute Gasteiger partial charge is 0.427 e. The third kappa shape index (κ3) is 8.67. The van der Waals surface area contributed by atoms with Crippen molar-refractivity contribution >= 4 is 34.0 Å². The quantitative estimate of drug-likeness (QED) is 0.292. The molecule has 0 saturated carbocycles. The maximum atomic E-state index is 14.3. The van der Waals surface area contributed by atoms with Gasteiger partial charge in [-0.3, -0.25) is 9.59 Å². The molecule has 2 aromatic carbocycles. The molecule has 2 fully saturated rings. The van der Waals surface area contributed by atoms with E-state index in [0.29, 0.717) is 55.6 Å². The Morgan fingerprint density at radius 3 is 2.13 bits per heavy atom. The van der Waals surface area contributed by atoms with Crippen molar-refractivity contribution in [1.82, 2.24) is 14.5 Å². The lowest BCUT2D eigenvalue weighted by molar-refractivity contribution is -0.179. The van der Waals surface area contributed by atoms with Crippen molar-refractivity contribution in [1.29, 1.82) is 0 Å². The van der Waals surface area contributed by atoms with Gasteiger partial charge >= 0.3 is 18.0 Å². The number of esters is 2. The fraction of sp³-hybridized carbons (Fsp3) is 0.515. The second-order valence-electron chi connectivity index (χ2n) is 12.9. The molecular formula is C33H43N3O10S. The van der Waals surface area contributed by atoms with E-state index < -0.39 is 57.8 Å². The maximum Gasteiger partial charge on any atom is 0.415 e. The Morgan fingerprint density at radius 2 is 1.55 bits per heavy atom. The number of rotatable bonds is 10. The summed E-state index contributed by atoms with van der Waals surface area (Å²) >= 11 is 0. The Bertz CT molecular complexity index is 1540. The van der Waals surface area contributed by atoms with Gasteiger partial charge in [-0.05, 0) is 83.8 Å². The van der Waals surface area contributed by atoms with Gasteiger partial charge in [0.2, 0.25) is 6.79 Å². The van der Waals surface area contributed by atoms with Gasteiger partial charge in [-0.2, -0.15) is 0 Å². The SMILES string of the molecule is Cc1ccc(S(=O)(=O)N(C(=O)[C@@H]2CCCN2)[C@@](C)(Cc2ccc(OC(=O)N3CCOCC3)cc2)C(=O)OCOC(=O)C(C)(C)C)cc1. The monoisotopic (exact) mass is 673 g/mol. The number of amides is 2. The molecule has 47 heavy (non-hydrogen) atoms. The Kier molecular flexibility index (Phi) is 11.3. The van der Waals surface area contributed by atoms with Crippen LogP contribution in [0.4, 0.5) is 4.79 Å². The predicted octanol–water partition coefficient (Wildman–Crippen LogP) is 3.19. The van der Waals surface area contributed by atoms with E-state index in [1.807, 2.05) is 0 Å². The summed E-state index contributed by atoms with van der Waals surface area (Å²) in [4.78, 5) is 54.4. The Balaban J connectivity index is 1.70. The highest BCUT2D eigenvalue weighted by Crippen LogP contribution is 2.33. The number of hydrogen-bond acceptors (Lipinski definition) is 11. The van der Waals surface area contributed by atoms with Gasteiger partial charge in [0.25, 0.3) is 15.9 Å². The van der Waals surface area contributed by atoms with E-state index >= 15 is 0 Å². The van der Waals surface area contributed by atoms with Crippen LogP contribution in [0.1, 0.15) is 51.7 Å². The van der Waals surface area contributed by atoms with Crippen LogP contribution in [0.2, 0.25) is 0 Å². The summed E-state index contributed by atoms with van der Waals surface area (Å²) in [6.45, 7) is 9.35. The molecule has 0 unspecified atom stereocenters. The van der Waals surface area contributed by atoms with Crippen molar-refractivity contribution in [2.24, 2.45) is 5.41 Å². The van der Waals surface area contributed by atoms with Crippen LogP contribution in [0.25, 0.3) is 0 Å². The molecule has 0 aromatic heterocycles. The van der Waals surface area contributed by atoms with Crippen molar-refractivity contribution in [2.45, 2.75) is 70.4 Å². The lowest BCUT2D eigenvalue weighted by atomic mass is 9.92. The average molecular weight is 674 g/mol. The van der Waals surface area contributed by atoms with Crippen LogP contribution in [0, 0.1) is 12.3 Å². The Morgan fingerprint density at radius 1 is 0.936 bits per heavy atom. The molecule has 2 atom stereocenters. The van der Waals surface area contributed by atoms with Crippen molar-refractivity contribution in [2.75, 3.05) is 39.6 Å². The number of hydrogen-bond donors (Lipinski definition) is 1. The molecule has 13 nitrogen and oxygen atoms in total. The molecule has 2 heterocycles. The number of sulfonamides is 1. The third-order valence-corrected chi connectivity index (χ3v) is 9.88. The van der Waals surface area contributed by atoms with E-state index in [4.69, 9.17) is 18.9 Å². The summed E-state index contributed by atoms with van der Waals surface area (Å²) in [5, 5.41) is 3.03. The van der Waals surface area contributed by atoms with Gasteiger partial charge in [0, 0.05) is 19.5 Å². The first-order valence-corrected chi connectivity index (χ1v) is 16.9. The average Bonchev–Trinajstić information content (AvgIpc) is 3.57. The van der Waals surface area contributed by atoms with Gasteiger partial charge in [0.1, 0.15) is 5.75 Å². The lowest BCUT2D eigenvalue weighted by Crippen LogP contribution is -2.62. The first kappa shape index (κ1) is 35.8. The van der Waals surface area contributed by atoms with E-state index in [1.165, 1.54) is 36.1 Å². The van der Waals surface area contributed by atoms with Crippen LogP contribution >= 0.6 is 0 Å². The lowest BCUT2D eigenvalue weighted by Gasteiger charge is -2.39. The molecule has 2 saturated heterocycles. The van der Waals surface area contributed by atoms with Gasteiger partial charge in [-0.15, -0.1) is 0 Å². The van der Waals surface area contributed by atoms with Crippen LogP contribution in [0.3, 0.4) is 0 Å². The zero-order valence-corrected chi connectivity index (χ0v) is 28.3. The van der Waals surface area contributed by atoms with Crippen molar-refractivity contribution in [3.05, 3.63) is 59.7 Å². The van der Waals surface area contributed by atoms with Crippen molar-refractivity contribution in [3.8, 4) is 5.75 Å². The predicted molar refractivity (Wildman–Crippen MR) is 170 cm³/mol. The molecule has 1 N–H and O–H groups in total. The number of benzene rings is 2. The molecule has 256 valence electrons. The van der Waals surface area contributed by atoms with Gasteiger partial charge in [0.05, 0.1) is 29.6 Å². The molecule has 2 amide bonds. The van der Waals surface area contributed by atoms with Gasteiger partial charge in [-0.25, -0.2) is 22.3 Å². The van der Waals surface area contributed by atoms with E-state index in [2.05, 4.69) is 5.32 Å². The number of ether oxygens (including phenoxy) is 4. The van der Waals surface area contributed by atoms with E-state index in [0.717, 1.165) is 5.56 Å². The standard InChI is InChI=1S/C33H43N3O10S/c1-23-8-14-26(15-9-23)47(41,42)36(28(37)27-7-6-16-34-27)33(5,30(39)45-22-44-29(38)32(2,3)4)21-24-10-12-25(13-11-24)46-31(40)35-17-19-43-20-18-35/h8-15,27,34H,6-7,16-22H2,1-5H3/t27-,33-/m0/s1. The Labute approximate surface area is 275 Å². The van der Waals surface area contributed by atoms with Crippen molar-refractivity contribution < 1.29 is 46.5 Å². The summed E-state index contributed by atoms with van der Waals surface area (Å²) in [6.07, 6.45) is 0.171. The molecular weight excluding hydrogens is 630 g/mol. The number of carbonyl (C=O) groups excluding carboxylic acids is 4. The fourth-order valence-electron chi connectivity index (χ4n) is 5.20. The van der Waals surface area contributed by atoms with Gasteiger partial charge < -0.3 is 29.2 Å². The smallest absolute Gasteiger partial charge is 0.415 e. The molecule has 2 aliphatic rings. The molecule has 2 aromatic rings. The highest BCUT2D eigenvalue weighted by atomic mass is 32.2. The molecule has 0 spiro atoms. The first-order chi connectivity index (χ1) is 22.1. The molecule has 4 rings (SSSR count). The summed E-state index contributed by atoms with van der Waals surface area (Å²) in [6, 6.07) is 11.3. The van der Waals surface area contributed by atoms with Gasteiger partial charge in [-0.1, -0.05) is 29.8 Å². The van der Waals surface area contributed by atoms with Gasteiger partial charge in [0.15, 0.2) is 5.54 Å².